The number of anilines is 1. The quantitative estimate of drug-likeness (QED) is 0.390. The van der Waals surface area contributed by atoms with Crippen molar-refractivity contribution in [3.63, 3.8) is 0 Å². The molecular weight excluding hydrogens is 376 g/mol. The summed E-state index contributed by atoms with van der Waals surface area (Å²) in [6.07, 6.45) is 1.68. The predicted octanol–water partition coefficient (Wildman–Crippen LogP) is 3.19. The van der Waals surface area contributed by atoms with Gasteiger partial charge in [0.1, 0.15) is 5.69 Å². The number of nitro groups is 1. The fourth-order valence-electron chi connectivity index (χ4n) is 2.74. The Morgan fingerprint density at radius 1 is 1.14 bits per heavy atom. The van der Waals surface area contributed by atoms with Gasteiger partial charge in [0.2, 0.25) is 0 Å². The first-order valence-electron chi connectivity index (χ1n) is 8.69. The van der Waals surface area contributed by atoms with E-state index in [1.807, 2.05) is 13.0 Å². The van der Waals surface area contributed by atoms with Crippen molar-refractivity contribution in [3.05, 3.63) is 81.7 Å². The van der Waals surface area contributed by atoms with Gasteiger partial charge < -0.3 is 10.1 Å². The average Bonchev–Trinajstić information content (AvgIpc) is 3.13. The van der Waals surface area contributed by atoms with Crippen LogP contribution >= 0.6 is 0 Å². The van der Waals surface area contributed by atoms with E-state index in [9.17, 15) is 19.7 Å². The highest BCUT2D eigenvalue weighted by atomic mass is 16.6. The smallest absolute Gasteiger partial charge is 0.338 e. The molecule has 3 rings (SSSR count). The van der Waals surface area contributed by atoms with Crippen LogP contribution in [0, 0.1) is 24.0 Å². The maximum absolute atomic E-state index is 12.2. The summed E-state index contributed by atoms with van der Waals surface area (Å²) in [5, 5.41) is 17.7. The second-order valence-corrected chi connectivity index (χ2v) is 6.28. The lowest BCUT2D eigenvalue weighted by atomic mass is 10.1. The van der Waals surface area contributed by atoms with Crippen molar-refractivity contribution in [2.24, 2.45) is 0 Å². The van der Waals surface area contributed by atoms with E-state index in [2.05, 4.69) is 10.4 Å². The fourth-order valence-corrected chi connectivity index (χ4v) is 2.74. The molecule has 1 heterocycles. The van der Waals surface area contributed by atoms with Crippen molar-refractivity contribution >= 4 is 23.3 Å². The topological polar surface area (TPSA) is 116 Å². The Bertz CT molecular complexity index is 1070. The summed E-state index contributed by atoms with van der Waals surface area (Å²) in [7, 11) is 0. The zero-order valence-corrected chi connectivity index (χ0v) is 15.8. The largest absolute Gasteiger partial charge is 0.452 e. The molecule has 0 fully saturated rings. The van der Waals surface area contributed by atoms with E-state index < -0.39 is 23.4 Å². The number of nitrogens with one attached hydrogen (secondary N) is 1. The minimum absolute atomic E-state index is 0.0810. The Hall–Kier alpha value is -4.01. The van der Waals surface area contributed by atoms with Crippen molar-refractivity contribution in [2.45, 2.75) is 13.8 Å². The van der Waals surface area contributed by atoms with Crippen LogP contribution in [0.2, 0.25) is 0 Å². The molecule has 29 heavy (non-hydrogen) atoms. The van der Waals surface area contributed by atoms with Gasteiger partial charge in [0.25, 0.3) is 11.6 Å². The molecule has 0 aliphatic carbocycles. The van der Waals surface area contributed by atoms with Crippen molar-refractivity contribution in [3.8, 4) is 5.69 Å². The molecule has 1 amide bonds. The number of aromatic nitrogens is 2. The highest BCUT2D eigenvalue weighted by Crippen LogP contribution is 2.27. The molecule has 0 spiro atoms. The molecule has 0 aliphatic rings. The van der Waals surface area contributed by atoms with Gasteiger partial charge in [0, 0.05) is 18.0 Å². The number of para-hydroxylation sites is 1. The molecule has 2 aromatic carbocycles. The molecule has 1 N–H and O–H groups in total. The van der Waals surface area contributed by atoms with Crippen molar-refractivity contribution in [1.29, 1.82) is 0 Å². The van der Waals surface area contributed by atoms with Crippen LogP contribution in [0.15, 0.2) is 54.7 Å². The predicted molar refractivity (Wildman–Crippen MR) is 105 cm³/mol. The lowest BCUT2D eigenvalue weighted by Crippen LogP contribution is -2.22. The highest BCUT2D eigenvalue weighted by Gasteiger charge is 2.18. The first-order valence-corrected chi connectivity index (χ1v) is 8.69. The second-order valence-electron chi connectivity index (χ2n) is 6.28. The number of carbonyl (C=O) groups is 2. The summed E-state index contributed by atoms with van der Waals surface area (Å²) in [6, 6.07) is 12.9. The minimum Gasteiger partial charge on any atom is -0.452 e. The Kier molecular flexibility index (Phi) is 5.68. The molecule has 3 aromatic rings. The van der Waals surface area contributed by atoms with E-state index >= 15 is 0 Å². The van der Waals surface area contributed by atoms with Gasteiger partial charge in [-0.3, -0.25) is 14.9 Å². The Morgan fingerprint density at radius 3 is 2.48 bits per heavy atom. The number of esters is 1. The zero-order valence-electron chi connectivity index (χ0n) is 15.8. The third-order valence-corrected chi connectivity index (χ3v) is 4.23. The molecule has 0 atom stereocenters. The molecule has 9 heteroatoms. The van der Waals surface area contributed by atoms with Gasteiger partial charge in [-0.15, -0.1) is 0 Å². The summed E-state index contributed by atoms with van der Waals surface area (Å²) >= 11 is 0. The van der Waals surface area contributed by atoms with Crippen LogP contribution in [0.25, 0.3) is 5.69 Å². The summed E-state index contributed by atoms with van der Waals surface area (Å²) in [5.74, 6) is -1.34. The van der Waals surface area contributed by atoms with E-state index in [4.69, 9.17) is 4.74 Å². The zero-order chi connectivity index (χ0) is 21.0. The number of nitrogens with zero attached hydrogens (tertiary/aromatic N) is 3. The van der Waals surface area contributed by atoms with E-state index in [1.165, 1.54) is 12.1 Å². The molecule has 0 saturated carbocycles. The second kappa shape index (κ2) is 8.34. The summed E-state index contributed by atoms with van der Waals surface area (Å²) in [6.45, 7) is 2.98. The van der Waals surface area contributed by atoms with Crippen molar-refractivity contribution in [2.75, 3.05) is 11.9 Å². The number of hydrogen-bond donors (Lipinski definition) is 1. The lowest BCUT2D eigenvalue weighted by molar-refractivity contribution is -0.384. The van der Waals surface area contributed by atoms with Crippen LogP contribution in [0.4, 0.5) is 11.4 Å². The third-order valence-electron chi connectivity index (χ3n) is 4.23. The minimum atomic E-state index is -0.678. The summed E-state index contributed by atoms with van der Waals surface area (Å²) in [4.78, 5) is 34.8. The monoisotopic (exact) mass is 394 g/mol. The normalized spacial score (nSPS) is 10.4. The molecular formula is C20H18N4O5. The Balaban J connectivity index is 1.62. The van der Waals surface area contributed by atoms with Crippen LogP contribution in [0.3, 0.4) is 0 Å². The Labute approximate surface area is 166 Å². The number of ether oxygens (including phenoxy) is 1. The highest BCUT2D eigenvalue weighted by molar-refractivity contribution is 5.97. The molecule has 0 radical (unpaired) electrons. The van der Waals surface area contributed by atoms with Crippen molar-refractivity contribution in [1.82, 2.24) is 9.78 Å². The summed E-state index contributed by atoms with van der Waals surface area (Å²) < 4.78 is 6.73. The number of rotatable bonds is 6. The van der Waals surface area contributed by atoms with Gasteiger partial charge in [0.15, 0.2) is 6.61 Å². The molecule has 9 nitrogen and oxygen atoms in total. The van der Waals surface area contributed by atoms with E-state index in [0.717, 1.165) is 11.4 Å². The number of hydrogen-bond acceptors (Lipinski definition) is 6. The van der Waals surface area contributed by atoms with Gasteiger partial charge in [0.05, 0.1) is 16.2 Å². The third kappa shape index (κ3) is 4.46. The maximum atomic E-state index is 12.2. The molecule has 0 bridgehead atoms. The SMILES string of the molecule is Cc1cccc([N+](=O)[O-])c1NC(=O)COC(=O)c1ccc(-n2nccc2C)cc1. The molecule has 0 saturated heterocycles. The molecule has 0 aliphatic heterocycles. The molecule has 0 unspecified atom stereocenters. The van der Waals surface area contributed by atoms with E-state index in [0.29, 0.717) is 5.56 Å². The first-order chi connectivity index (χ1) is 13.9. The van der Waals surface area contributed by atoms with E-state index in [-0.39, 0.29) is 16.9 Å². The van der Waals surface area contributed by atoms with Crippen LogP contribution in [-0.4, -0.2) is 33.2 Å². The van der Waals surface area contributed by atoms with Crippen molar-refractivity contribution < 1.29 is 19.2 Å². The van der Waals surface area contributed by atoms with Crippen LogP contribution in [0.1, 0.15) is 21.6 Å². The van der Waals surface area contributed by atoms with Gasteiger partial charge in [-0.25, -0.2) is 9.48 Å². The average molecular weight is 394 g/mol. The van der Waals surface area contributed by atoms with E-state index in [1.54, 1.807) is 48.1 Å². The standard InChI is InChI=1S/C20H18N4O5/c1-13-4-3-5-17(24(27)28)19(13)22-18(25)12-29-20(26)15-6-8-16(9-7-15)23-14(2)10-11-21-23/h3-11H,12H2,1-2H3,(H,22,25). The number of nitro benzene ring substituents is 1. The maximum Gasteiger partial charge on any atom is 0.338 e. The summed E-state index contributed by atoms with van der Waals surface area (Å²) in [5.41, 5.74) is 2.39. The van der Waals surface area contributed by atoms with Crippen LogP contribution in [-0.2, 0) is 9.53 Å². The van der Waals surface area contributed by atoms with Crippen LogP contribution < -0.4 is 5.32 Å². The lowest BCUT2D eigenvalue weighted by Gasteiger charge is -2.10. The van der Waals surface area contributed by atoms with Crippen LogP contribution in [0.5, 0.6) is 0 Å². The number of benzene rings is 2. The number of amides is 1. The molecule has 1 aromatic heterocycles. The fraction of sp³-hybridized carbons (Fsp3) is 0.150. The molecule has 148 valence electrons. The van der Waals surface area contributed by atoms with Gasteiger partial charge in [-0.05, 0) is 49.7 Å². The number of aryl methyl sites for hydroxylation is 2. The van der Waals surface area contributed by atoms with Gasteiger partial charge in [-0.1, -0.05) is 12.1 Å². The first kappa shape index (κ1) is 19.7. The van der Waals surface area contributed by atoms with Gasteiger partial charge in [-0.2, -0.15) is 5.10 Å². The number of carbonyl (C=O) groups excluding carboxylic acids is 2. The van der Waals surface area contributed by atoms with Gasteiger partial charge >= 0.3 is 5.97 Å². The Morgan fingerprint density at radius 2 is 1.86 bits per heavy atom.